The molecule has 0 heterocycles. The van der Waals surface area contributed by atoms with E-state index in [2.05, 4.69) is 15.8 Å². The lowest BCUT2D eigenvalue weighted by atomic mass is 10.2. The van der Waals surface area contributed by atoms with Crippen LogP contribution in [0.2, 0.25) is 0 Å². The topological polar surface area (TPSA) is 72.0 Å². The largest absolute Gasteiger partial charge is 0.495 e. The van der Waals surface area contributed by atoms with Crippen molar-refractivity contribution in [1.29, 1.82) is 0 Å². The first-order chi connectivity index (χ1) is 14.3. The lowest BCUT2D eigenvalue weighted by Crippen LogP contribution is -2.26. The maximum atomic E-state index is 12.0. The van der Waals surface area contributed by atoms with Gasteiger partial charge in [0.2, 0.25) is 0 Å². The zero-order valence-corrected chi connectivity index (χ0v) is 16.2. The fourth-order valence-electron chi connectivity index (χ4n) is 2.63. The molecule has 3 aromatic carbocycles. The number of nitrogens with zero attached hydrogens (tertiary/aromatic N) is 1. The molecule has 0 fully saturated rings. The molecule has 0 atom stereocenters. The summed E-state index contributed by atoms with van der Waals surface area (Å²) in [5.74, 6) is 1.10. The van der Waals surface area contributed by atoms with Gasteiger partial charge >= 0.3 is 0 Å². The first-order valence-electron chi connectivity index (χ1n) is 9.21. The van der Waals surface area contributed by atoms with Crippen molar-refractivity contribution < 1.29 is 14.3 Å². The van der Waals surface area contributed by atoms with Gasteiger partial charge < -0.3 is 14.8 Å². The molecule has 0 aliphatic heterocycles. The van der Waals surface area contributed by atoms with E-state index in [4.69, 9.17) is 9.47 Å². The number of hydrogen-bond donors (Lipinski definition) is 2. The van der Waals surface area contributed by atoms with Crippen LogP contribution in [0, 0.1) is 0 Å². The number of carbonyl (C=O) groups is 1. The van der Waals surface area contributed by atoms with Gasteiger partial charge in [-0.3, -0.25) is 4.79 Å². The van der Waals surface area contributed by atoms with Crippen LogP contribution in [0.1, 0.15) is 11.1 Å². The maximum absolute atomic E-state index is 12.0. The molecule has 0 aromatic heterocycles. The predicted molar refractivity (Wildman–Crippen MR) is 114 cm³/mol. The molecule has 0 saturated heterocycles. The van der Waals surface area contributed by atoms with Crippen molar-refractivity contribution >= 4 is 17.8 Å². The normalized spacial score (nSPS) is 10.5. The van der Waals surface area contributed by atoms with Crippen molar-refractivity contribution in [2.45, 2.75) is 6.61 Å². The van der Waals surface area contributed by atoms with E-state index in [1.165, 1.54) is 0 Å². The quantitative estimate of drug-likeness (QED) is 0.431. The summed E-state index contributed by atoms with van der Waals surface area (Å²) in [7, 11) is 1.59. The Morgan fingerprint density at radius 3 is 2.41 bits per heavy atom. The predicted octanol–water partition coefficient (Wildman–Crippen LogP) is 3.84. The van der Waals surface area contributed by atoms with Crippen LogP contribution in [0.5, 0.6) is 11.5 Å². The van der Waals surface area contributed by atoms with E-state index in [0.717, 1.165) is 16.8 Å². The number of ether oxygens (including phenoxy) is 2. The zero-order chi connectivity index (χ0) is 20.3. The lowest BCUT2D eigenvalue weighted by Gasteiger charge is -2.10. The number of hydrazone groups is 1. The van der Waals surface area contributed by atoms with Crippen LogP contribution in [0.3, 0.4) is 0 Å². The molecule has 1 amide bonds. The van der Waals surface area contributed by atoms with E-state index in [0.29, 0.717) is 18.1 Å². The Kier molecular flexibility index (Phi) is 7.23. The molecule has 0 bridgehead atoms. The molecule has 3 aromatic rings. The second kappa shape index (κ2) is 10.5. The molecule has 0 aliphatic rings. The van der Waals surface area contributed by atoms with E-state index < -0.39 is 0 Å². The smallest absolute Gasteiger partial charge is 0.259 e. The fourth-order valence-corrected chi connectivity index (χ4v) is 2.63. The second-order valence-electron chi connectivity index (χ2n) is 6.16. The summed E-state index contributed by atoms with van der Waals surface area (Å²) in [6.45, 7) is 0.532. The molecule has 0 aliphatic carbocycles. The van der Waals surface area contributed by atoms with Gasteiger partial charge in [-0.05, 0) is 29.8 Å². The summed E-state index contributed by atoms with van der Waals surface area (Å²) in [6.07, 6.45) is 1.57. The number of methoxy groups -OCH3 is 1. The van der Waals surface area contributed by atoms with Gasteiger partial charge in [0, 0.05) is 5.56 Å². The minimum Gasteiger partial charge on any atom is -0.495 e. The monoisotopic (exact) mass is 389 g/mol. The molecule has 3 rings (SSSR count). The number of nitrogens with one attached hydrogen (secondary N) is 2. The number of para-hydroxylation sites is 3. The summed E-state index contributed by atoms with van der Waals surface area (Å²) in [5.41, 5.74) is 5.11. The van der Waals surface area contributed by atoms with Gasteiger partial charge in [-0.15, -0.1) is 0 Å². The Morgan fingerprint density at radius 1 is 0.931 bits per heavy atom. The van der Waals surface area contributed by atoms with Gasteiger partial charge in [0.25, 0.3) is 5.91 Å². The molecular formula is C23H23N3O3. The van der Waals surface area contributed by atoms with Crippen LogP contribution in [-0.4, -0.2) is 25.8 Å². The van der Waals surface area contributed by atoms with Gasteiger partial charge in [0.15, 0.2) is 0 Å². The Bertz CT molecular complexity index is 958. The minimum atomic E-state index is -0.269. The molecule has 0 saturated carbocycles. The highest BCUT2D eigenvalue weighted by Crippen LogP contribution is 2.22. The van der Waals surface area contributed by atoms with Crippen molar-refractivity contribution in [3.63, 3.8) is 0 Å². The number of hydrogen-bond acceptors (Lipinski definition) is 5. The number of amides is 1. The van der Waals surface area contributed by atoms with Gasteiger partial charge in [-0.1, -0.05) is 54.6 Å². The van der Waals surface area contributed by atoms with Crippen molar-refractivity contribution in [1.82, 2.24) is 5.43 Å². The molecular weight excluding hydrogens is 366 g/mol. The van der Waals surface area contributed by atoms with Gasteiger partial charge in [-0.25, -0.2) is 5.43 Å². The van der Waals surface area contributed by atoms with Crippen LogP contribution < -0.4 is 20.2 Å². The molecule has 6 heteroatoms. The van der Waals surface area contributed by atoms with Crippen molar-refractivity contribution in [2.75, 3.05) is 19.0 Å². The van der Waals surface area contributed by atoms with Crippen LogP contribution in [0.4, 0.5) is 5.69 Å². The summed E-state index contributed by atoms with van der Waals surface area (Å²) < 4.78 is 11.1. The number of anilines is 1. The van der Waals surface area contributed by atoms with Crippen LogP contribution >= 0.6 is 0 Å². The summed E-state index contributed by atoms with van der Waals surface area (Å²) in [5, 5.41) is 7.06. The highest BCUT2D eigenvalue weighted by atomic mass is 16.5. The first kappa shape index (κ1) is 19.9. The van der Waals surface area contributed by atoms with E-state index >= 15 is 0 Å². The van der Waals surface area contributed by atoms with Gasteiger partial charge in [-0.2, -0.15) is 5.10 Å². The standard InChI is InChI=1S/C23H23N3O3/c1-28-22-14-8-6-12-20(22)24-16-23(27)26-25-15-19-11-5-7-13-21(19)29-17-18-9-3-2-4-10-18/h2-15,24H,16-17H2,1H3,(H,26,27)/b25-15+. The molecule has 2 N–H and O–H groups in total. The SMILES string of the molecule is COc1ccccc1NCC(=O)N/N=C/c1ccccc1OCc1ccccc1. The average molecular weight is 389 g/mol. The highest BCUT2D eigenvalue weighted by molar-refractivity contribution is 5.86. The summed E-state index contributed by atoms with van der Waals surface area (Å²) in [4.78, 5) is 12.0. The molecule has 29 heavy (non-hydrogen) atoms. The Balaban J connectivity index is 1.52. The second-order valence-corrected chi connectivity index (χ2v) is 6.16. The van der Waals surface area contributed by atoms with E-state index in [1.807, 2.05) is 78.9 Å². The number of rotatable bonds is 9. The first-order valence-corrected chi connectivity index (χ1v) is 9.21. The average Bonchev–Trinajstić information content (AvgIpc) is 2.78. The van der Waals surface area contributed by atoms with Crippen molar-refractivity contribution in [3.8, 4) is 11.5 Å². The third kappa shape index (κ3) is 6.10. The Hall–Kier alpha value is -3.80. The number of benzene rings is 3. The molecule has 0 radical (unpaired) electrons. The molecule has 0 unspecified atom stereocenters. The third-order valence-corrected chi connectivity index (χ3v) is 4.10. The van der Waals surface area contributed by atoms with Crippen LogP contribution in [0.15, 0.2) is 84.0 Å². The molecule has 0 spiro atoms. The molecule has 6 nitrogen and oxygen atoms in total. The van der Waals surface area contributed by atoms with E-state index in [1.54, 1.807) is 13.3 Å². The lowest BCUT2D eigenvalue weighted by molar-refractivity contribution is -0.119. The fraction of sp³-hybridized carbons (Fsp3) is 0.130. The number of carbonyl (C=O) groups excluding carboxylic acids is 1. The summed E-state index contributed by atoms with van der Waals surface area (Å²) in [6, 6.07) is 24.9. The highest BCUT2D eigenvalue weighted by Gasteiger charge is 2.05. The summed E-state index contributed by atoms with van der Waals surface area (Å²) >= 11 is 0. The molecule has 148 valence electrons. The van der Waals surface area contributed by atoms with E-state index in [-0.39, 0.29) is 12.5 Å². The third-order valence-electron chi connectivity index (χ3n) is 4.10. The van der Waals surface area contributed by atoms with Crippen molar-refractivity contribution in [2.24, 2.45) is 5.10 Å². The minimum absolute atomic E-state index is 0.0733. The van der Waals surface area contributed by atoms with Gasteiger partial charge in [0.1, 0.15) is 18.1 Å². The van der Waals surface area contributed by atoms with Crippen LogP contribution in [0.25, 0.3) is 0 Å². The Morgan fingerprint density at radius 2 is 1.62 bits per heavy atom. The van der Waals surface area contributed by atoms with E-state index in [9.17, 15) is 4.79 Å². The Labute approximate surface area is 170 Å². The van der Waals surface area contributed by atoms with Crippen LogP contribution in [-0.2, 0) is 11.4 Å². The van der Waals surface area contributed by atoms with Crippen molar-refractivity contribution in [3.05, 3.63) is 90.0 Å². The van der Waals surface area contributed by atoms with Gasteiger partial charge in [0.05, 0.1) is 25.6 Å². The zero-order valence-electron chi connectivity index (χ0n) is 16.2. The maximum Gasteiger partial charge on any atom is 0.259 e.